The van der Waals surface area contributed by atoms with Crippen LogP contribution in [0.1, 0.15) is 10.4 Å². The summed E-state index contributed by atoms with van der Waals surface area (Å²) in [6, 6.07) is 2.00. The van der Waals surface area contributed by atoms with Crippen molar-refractivity contribution in [2.45, 2.75) is 6.61 Å². The number of carboxylic acids is 1. The van der Waals surface area contributed by atoms with Gasteiger partial charge in [-0.15, -0.1) is 0 Å². The number of aromatic carboxylic acids is 1. The fourth-order valence-corrected chi connectivity index (χ4v) is 1.11. The number of nitrogen functional groups attached to an aromatic ring is 1. The highest BCUT2D eigenvalue weighted by Crippen LogP contribution is 2.33. The predicted octanol–water partition coefficient (Wildman–Crippen LogP) is 1.58. The third-order valence-corrected chi connectivity index (χ3v) is 1.78. The van der Waals surface area contributed by atoms with E-state index in [1.54, 1.807) is 0 Å². The van der Waals surface area contributed by atoms with E-state index in [9.17, 15) is 13.6 Å². The molecular formula is C9H9F2NO4. The Morgan fingerprint density at radius 2 is 2.06 bits per heavy atom. The Morgan fingerprint density at radius 1 is 1.44 bits per heavy atom. The molecule has 0 atom stereocenters. The molecule has 1 aromatic carbocycles. The summed E-state index contributed by atoms with van der Waals surface area (Å²) in [7, 11) is 1.20. The number of carbonyl (C=O) groups is 1. The summed E-state index contributed by atoms with van der Waals surface area (Å²) >= 11 is 0. The van der Waals surface area contributed by atoms with Crippen LogP contribution in [-0.4, -0.2) is 24.8 Å². The summed E-state index contributed by atoms with van der Waals surface area (Å²) in [5.74, 6) is -1.70. The molecule has 16 heavy (non-hydrogen) atoms. The fourth-order valence-electron chi connectivity index (χ4n) is 1.11. The average Bonchev–Trinajstić information content (AvgIpc) is 2.16. The van der Waals surface area contributed by atoms with Gasteiger partial charge in [0.15, 0.2) is 11.5 Å². The number of anilines is 1. The summed E-state index contributed by atoms with van der Waals surface area (Å²) in [5.41, 5.74) is 4.95. The van der Waals surface area contributed by atoms with Crippen LogP contribution in [0.4, 0.5) is 14.5 Å². The molecule has 3 N–H and O–H groups in total. The maximum absolute atomic E-state index is 12.0. The topological polar surface area (TPSA) is 81.8 Å². The average molecular weight is 233 g/mol. The van der Waals surface area contributed by atoms with Crippen LogP contribution >= 0.6 is 0 Å². The molecule has 0 fully saturated rings. The number of carboxylic acid groups (broad SMARTS) is 1. The molecule has 1 aromatic rings. The summed E-state index contributed by atoms with van der Waals surface area (Å²) in [4.78, 5) is 10.7. The van der Waals surface area contributed by atoms with Gasteiger partial charge in [-0.3, -0.25) is 0 Å². The van der Waals surface area contributed by atoms with E-state index in [4.69, 9.17) is 15.6 Å². The monoisotopic (exact) mass is 233 g/mol. The van der Waals surface area contributed by atoms with Crippen LogP contribution in [0, 0.1) is 0 Å². The van der Waals surface area contributed by atoms with Gasteiger partial charge >= 0.3 is 12.6 Å². The van der Waals surface area contributed by atoms with Gasteiger partial charge in [-0.05, 0) is 0 Å². The molecular weight excluding hydrogens is 224 g/mol. The molecule has 0 bridgehead atoms. The summed E-state index contributed by atoms with van der Waals surface area (Å²) < 4.78 is 32.8. The molecule has 0 radical (unpaired) electrons. The number of hydrogen-bond acceptors (Lipinski definition) is 4. The second-order valence-corrected chi connectivity index (χ2v) is 2.77. The molecule has 7 heteroatoms. The molecule has 1 rings (SSSR count). The smallest absolute Gasteiger partial charge is 0.387 e. The second-order valence-electron chi connectivity index (χ2n) is 2.77. The van der Waals surface area contributed by atoms with Crippen molar-refractivity contribution in [3.8, 4) is 11.5 Å². The number of ether oxygens (including phenoxy) is 2. The van der Waals surface area contributed by atoms with Crippen molar-refractivity contribution < 1.29 is 28.2 Å². The predicted molar refractivity (Wildman–Crippen MR) is 51.0 cm³/mol. The van der Waals surface area contributed by atoms with Gasteiger partial charge < -0.3 is 20.3 Å². The van der Waals surface area contributed by atoms with Crippen molar-refractivity contribution in [3.05, 3.63) is 17.7 Å². The number of rotatable bonds is 4. The lowest BCUT2D eigenvalue weighted by molar-refractivity contribution is -0.0511. The Kier molecular flexibility index (Phi) is 3.49. The molecule has 0 saturated carbocycles. The molecule has 5 nitrogen and oxygen atoms in total. The first kappa shape index (κ1) is 12.0. The highest BCUT2D eigenvalue weighted by atomic mass is 19.3. The molecule has 0 aliphatic rings. The molecule has 0 heterocycles. The normalized spacial score (nSPS) is 10.2. The molecule has 0 spiro atoms. The van der Waals surface area contributed by atoms with Gasteiger partial charge in [0.25, 0.3) is 0 Å². The number of nitrogens with two attached hydrogens (primary N) is 1. The van der Waals surface area contributed by atoms with Crippen LogP contribution in [0.15, 0.2) is 12.1 Å². The van der Waals surface area contributed by atoms with Gasteiger partial charge in [-0.2, -0.15) is 8.78 Å². The van der Waals surface area contributed by atoms with E-state index < -0.39 is 12.6 Å². The number of hydrogen-bond donors (Lipinski definition) is 2. The van der Waals surface area contributed by atoms with Crippen LogP contribution in [0.25, 0.3) is 0 Å². The first-order valence-corrected chi connectivity index (χ1v) is 4.11. The van der Waals surface area contributed by atoms with E-state index >= 15 is 0 Å². The zero-order valence-corrected chi connectivity index (χ0v) is 8.24. The number of halogens is 2. The molecule has 88 valence electrons. The summed E-state index contributed by atoms with van der Waals surface area (Å²) in [6.45, 7) is -3.04. The van der Waals surface area contributed by atoms with E-state index in [0.717, 1.165) is 12.1 Å². The Balaban J connectivity index is 3.21. The zero-order valence-electron chi connectivity index (χ0n) is 8.24. The summed E-state index contributed by atoms with van der Waals surface area (Å²) in [5, 5.41) is 8.73. The van der Waals surface area contributed by atoms with Gasteiger partial charge in [-0.1, -0.05) is 0 Å². The van der Waals surface area contributed by atoms with Crippen molar-refractivity contribution in [1.82, 2.24) is 0 Å². The highest BCUT2D eigenvalue weighted by molar-refractivity contribution is 5.94. The summed E-state index contributed by atoms with van der Waals surface area (Å²) in [6.07, 6.45) is 0. The van der Waals surface area contributed by atoms with Gasteiger partial charge in [-0.25, -0.2) is 4.79 Å². The van der Waals surface area contributed by atoms with E-state index in [0.29, 0.717) is 0 Å². The third-order valence-electron chi connectivity index (χ3n) is 1.78. The number of alkyl halides is 2. The fraction of sp³-hybridized carbons (Fsp3) is 0.222. The first-order chi connectivity index (χ1) is 7.45. The highest BCUT2D eigenvalue weighted by Gasteiger charge is 2.16. The number of benzene rings is 1. The molecule has 0 saturated heterocycles. The molecule has 0 amide bonds. The third kappa shape index (κ3) is 2.50. The quantitative estimate of drug-likeness (QED) is 0.771. The Morgan fingerprint density at radius 3 is 2.50 bits per heavy atom. The van der Waals surface area contributed by atoms with E-state index in [-0.39, 0.29) is 22.7 Å². The van der Waals surface area contributed by atoms with Gasteiger partial charge in [0.1, 0.15) is 0 Å². The van der Waals surface area contributed by atoms with Crippen molar-refractivity contribution in [2.24, 2.45) is 0 Å². The van der Waals surface area contributed by atoms with Crippen LogP contribution in [-0.2, 0) is 0 Å². The SMILES string of the molecule is COc1cc(C(=O)O)c(N)cc1OC(F)F. The van der Waals surface area contributed by atoms with Crippen LogP contribution in [0.3, 0.4) is 0 Å². The van der Waals surface area contributed by atoms with Gasteiger partial charge in [0.2, 0.25) is 0 Å². The molecule has 0 aliphatic heterocycles. The first-order valence-electron chi connectivity index (χ1n) is 4.11. The molecule has 0 unspecified atom stereocenters. The van der Waals surface area contributed by atoms with Crippen molar-refractivity contribution in [2.75, 3.05) is 12.8 Å². The van der Waals surface area contributed by atoms with Gasteiger partial charge in [0, 0.05) is 12.1 Å². The van der Waals surface area contributed by atoms with E-state index in [1.807, 2.05) is 0 Å². The zero-order chi connectivity index (χ0) is 12.3. The van der Waals surface area contributed by atoms with Gasteiger partial charge in [0.05, 0.1) is 18.4 Å². The lowest BCUT2D eigenvalue weighted by Gasteiger charge is -2.11. The maximum atomic E-state index is 12.0. The minimum Gasteiger partial charge on any atom is -0.493 e. The van der Waals surface area contributed by atoms with E-state index in [2.05, 4.69) is 4.74 Å². The van der Waals surface area contributed by atoms with Crippen molar-refractivity contribution in [3.63, 3.8) is 0 Å². The van der Waals surface area contributed by atoms with Crippen molar-refractivity contribution in [1.29, 1.82) is 0 Å². The Labute approximate surface area is 89.4 Å². The van der Waals surface area contributed by atoms with Crippen LogP contribution < -0.4 is 15.2 Å². The lowest BCUT2D eigenvalue weighted by atomic mass is 10.1. The maximum Gasteiger partial charge on any atom is 0.387 e. The van der Waals surface area contributed by atoms with Crippen molar-refractivity contribution >= 4 is 11.7 Å². The Hall–Kier alpha value is -2.05. The van der Waals surface area contributed by atoms with Crippen LogP contribution in [0.5, 0.6) is 11.5 Å². The van der Waals surface area contributed by atoms with E-state index in [1.165, 1.54) is 7.11 Å². The lowest BCUT2D eigenvalue weighted by Crippen LogP contribution is -2.07. The minimum atomic E-state index is -3.04. The molecule has 0 aliphatic carbocycles. The Bertz CT molecular complexity index is 409. The minimum absolute atomic E-state index is 0.119. The van der Waals surface area contributed by atoms with Crippen LogP contribution in [0.2, 0.25) is 0 Å². The standard InChI is InChI=1S/C9H9F2NO4/c1-15-6-2-4(8(13)14)5(12)3-7(6)16-9(10)11/h2-3,9H,12H2,1H3,(H,13,14). The number of methoxy groups -OCH3 is 1. The molecule has 0 aromatic heterocycles. The largest absolute Gasteiger partial charge is 0.493 e. The second kappa shape index (κ2) is 4.65.